The van der Waals surface area contributed by atoms with Crippen molar-refractivity contribution in [1.29, 1.82) is 0 Å². The third-order valence-corrected chi connectivity index (χ3v) is 4.51. The fraction of sp³-hybridized carbons (Fsp3) is 0.417. The van der Waals surface area contributed by atoms with E-state index in [0.717, 1.165) is 21.0 Å². The van der Waals surface area contributed by atoms with Gasteiger partial charge in [-0.15, -0.1) is 0 Å². The summed E-state index contributed by atoms with van der Waals surface area (Å²) in [5.74, 6) is 0.876. The van der Waals surface area contributed by atoms with Crippen LogP contribution in [0, 0.1) is 5.92 Å². The first-order valence-electron chi connectivity index (χ1n) is 5.53. The largest absolute Gasteiger partial charge is 0.359 e. The van der Waals surface area contributed by atoms with Gasteiger partial charge in [0.2, 0.25) is 0 Å². The molecule has 3 rings (SSSR count). The summed E-state index contributed by atoms with van der Waals surface area (Å²) in [6.45, 7) is 2.30. The quantitative estimate of drug-likeness (QED) is 0.895. The van der Waals surface area contributed by atoms with Gasteiger partial charge >= 0.3 is 0 Å². The summed E-state index contributed by atoms with van der Waals surface area (Å²) in [6, 6.07) is 6.89. The topological polar surface area (TPSA) is 24.9 Å². The Bertz CT molecular complexity index is 517. The molecule has 1 heterocycles. The van der Waals surface area contributed by atoms with Gasteiger partial charge < -0.3 is 5.32 Å². The number of thiazole rings is 1. The van der Waals surface area contributed by atoms with Gasteiger partial charge in [0.05, 0.1) is 10.2 Å². The van der Waals surface area contributed by atoms with Gasteiger partial charge in [-0.1, -0.05) is 34.2 Å². The Balaban J connectivity index is 1.82. The molecule has 16 heavy (non-hydrogen) atoms. The molecule has 1 N–H and O–H groups in total. The van der Waals surface area contributed by atoms with Crippen molar-refractivity contribution in [3.05, 3.63) is 22.7 Å². The third-order valence-electron chi connectivity index (χ3n) is 3.05. The first-order chi connectivity index (χ1) is 7.70. The van der Waals surface area contributed by atoms with Crippen LogP contribution in [-0.2, 0) is 0 Å². The van der Waals surface area contributed by atoms with E-state index in [4.69, 9.17) is 0 Å². The number of hydrogen-bond donors (Lipinski definition) is 1. The summed E-state index contributed by atoms with van der Waals surface area (Å²) < 4.78 is 2.34. The lowest BCUT2D eigenvalue weighted by Crippen LogP contribution is -2.33. The zero-order valence-electron chi connectivity index (χ0n) is 9.03. The lowest BCUT2D eigenvalue weighted by atomic mass is 9.82. The SMILES string of the molecule is CC1CC(Nc2nc3cc(Br)ccc3s2)C1. The highest BCUT2D eigenvalue weighted by Crippen LogP contribution is 2.33. The van der Waals surface area contributed by atoms with Gasteiger partial charge in [0, 0.05) is 10.5 Å². The number of benzene rings is 1. The van der Waals surface area contributed by atoms with Gasteiger partial charge in [-0.3, -0.25) is 0 Å². The number of hydrogen-bond acceptors (Lipinski definition) is 3. The van der Waals surface area contributed by atoms with Crippen molar-refractivity contribution in [3.8, 4) is 0 Å². The molecule has 1 aromatic heterocycles. The predicted octanol–water partition coefficient (Wildman–Crippen LogP) is 4.27. The van der Waals surface area contributed by atoms with Crippen molar-refractivity contribution >= 4 is 42.6 Å². The Labute approximate surface area is 107 Å². The van der Waals surface area contributed by atoms with Crippen LogP contribution in [0.3, 0.4) is 0 Å². The Morgan fingerprint density at radius 1 is 1.44 bits per heavy atom. The molecule has 2 aromatic rings. The summed E-state index contributed by atoms with van der Waals surface area (Å²) in [5.41, 5.74) is 1.08. The van der Waals surface area contributed by atoms with Crippen molar-refractivity contribution in [2.75, 3.05) is 5.32 Å². The van der Waals surface area contributed by atoms with E-state index in [9.17, 15) is 0 Å². The molecule has 0 saturated heterocycles. The number of aromatic nitrogens is 1. The highest BCUT2D eigenvalue weighted by molar-refractivity contribution is 9.10. The normalized spacial score (nSPS) is 24.4. The lowest BCUT2D eigenvalue weighted by molar-refractivity contribution is 0.309. The van der Waals surface area contributed by atoms with E-state index in [1.54, 1.807) is 11.3 Å². The summed E-state index contributed by atoms with van der Waals surface area (Å²) in [4.78, 5) is 4.60. The average molecular weight is 297 g/mol. The number of rotatable bonds is 2. The van der Waals surface area contributed by atoms with E-state index in [0.29, 0.717) is 6.04 Å². The Kier molecular flexibility index (Phi) is 2.64. The van der Waals surface area contributed by atoms with Crippen LogP contribution in [-0.4, -0.2) is 11.0 Å². The minimum Gasteiger partial charge on any atom is -0.359 e. The molecule has 0 radical (unpaired) electrons. The molecule has 4 heteroatoms. The first-order valence-corrected chi connectivity index (χ1v) is 7.14. The maximum atomic E-state index is 4.60. The Morgan fingerprint density at radius 3 is 3.00 bits per heavy atom. The van der Waals surface area contributed by atoms with Crippen molar-refractivity contribution in [2.24, 2.45) is 5.92 Å². The summed E-state index contributed by atoms with van der Waals surface area (Å²) in [5, 5.41) is 4.57. The first kappa shape index (κ1) is 10.5. The van der Waals surface area contributed by atoms with Crippen LogP contribution in [0.15, 0.2) is 22.7 Å². The van der Waals surface area contributed by atoms with E-state index in [-0.39, 0.29) is 0 Å². The van der Waals surface area contributed by atoms with E-state index in [2.05, 4.69) is 51.4 Å². The fourth-order valence-electron chi connectivity index (χ4n) is 2.16. The average Bonchev–Trinajstić information content (AvgIpc) is 2.57. The van der Waals surface area contributed by atoms with E-state index < -0.39 is 0 Å². The molecule has 2 nitrogen and oxygen atoms in total. The standard InChI is InChI=1S/C12H13BrN2S/c1-7-4-9(5-7)14-12-15-10-6-8(13)2-3-11(10)16-12/h2-3,6-7,9H,4-5H2,1H3,(H,14,15). The molecule has 1 saturated carbocycles. The molecule has 0 aliphatic heterocycles. The number of fused-ring (bicyclic) bond motifs is 1. The molecule has 1 aliphatic rings. The Hall–Kier alpha value is -0.610. The predicted molar refractivity (Wildman–Crippen MR) is 73.1 cm³/mol. The van der Waals surface area contributed by atoms with Crippen LogP contribution in [0.4, 0.5) is 5.13 Å². The van der Waals surface area contributed by atoms with Gasteiger partial charge in [0.1, 0.15) is 0 Å². The van der Waals surface area contributed by atoms with Crippen LogP contribution < -0.4 is 5.32 Å². The highest BCUT2D eigenvalue weighted by atomic mass is 79.9. The molecule has 0 atom stereocenters. The van der Waals surface area contributed by atoms with Crippen LogP contribution in [0.1, 0.15) is 19.8 Å². The second kappa shape index (κ2) is 4.00. The van der Waals surface area contributed by atoms with E-state index >= 15 is 0 Å². The number of nitrogens with zero attached hydrogens (tertiary/aromatic N) is 1. The second-order valence-electron chi connectivity index (χ2n) is 4.55. The van der Waals surface area contributed by atoms with Crippen molar-refractivity contribution in [1.82, 2.24) is 4.98 Å². The van der Waals surface area contributed by atoms with Crippen LogP contribution in [0.2, 0.25) is 0 Å². The van der Waals surface area contributed by atoms with Crippen LogP contribution >= 0.6 is 27.3 Å². The van der Waals surface area contributed by atoms with E-state index in [1.165, 1.54) is 17.5 Å². The minimum absolute atomic E-state index is 0.638. The molecule has 84 valence electrons. The van der Waals surface area contributed by atoms with Gasteiger partial charge in [0.15, 0.2) is 5.13 Å². The molecule has 0 amide bonds. The van der Waals surface area contributed by atoms with Gasteiger partial charge in [-0.05, 0) is 37.0 Å². The maximum Gasteiger partial charge on any atom is 0.184 e. The Morgan fingerprint density at radius 2 is 2.25 bits per heavy atom. The molecule has 0 unspecified atom stereocenters. The van der Waals surface area contributed by atoms with Crippen molar-refractivity contribution < 1.29 is 0 Å². The zero-order chi connectivity index (χ0) is 11.1. The van der Waals surface area contributed by atoms with E-state index in [1.807, 2.05) is 0 Å². The summed E-state index contributed by atoms with van der Waals surface area (Å²) >= 11 is 5.21. The van der Waals surface area contributed by atoms with Gasteiger partial charge in [0.25, 0.3) is 0 Å². The molecule has 1 aromatic carbocycles. The minimum atomic E-state index is 0.638. The van der Waals surface area contributed by atoms with Crippen LogP contribution in [0.5, 0.6) is 0 Å². The molecular formula is C12H13BrN2S. The molecular weight excluding hydrogens is 284 g/mol. The molecule has 1 fully saturated rings. The zero-order valence-corrected chi connectivity index (χ0v) is 11.4. The fourth-order valence-corrected chi connectivity index (χ4v) is 3.43. The van der Waals surface area contributed by atoms with Crippen molar-refractivity contribution in [2.45, 2.75) is 25.8 Å². The lowest BCUT2D eigenvalue weighted by Gasteiger charge is -2.33. The number of anilines is 1. The third kappa shape index (κ3) is 1.96. The van der Waals surface area contributed by atoms with Crippen LogP contribution in [0.25, 0.3) is 10.2 Å². The monoisotopic (exact) mass is 296 g/mol. The highest BCUT2D eigenvalue weighted by Gasteiger charge is 2.25. The number of halogens is 1. The summed E-state index contributed by atoms with van der Waals surface area (Å²) in [7, 11) is 0. The number of nitrogens with one attached hydrogen (secondary N) is 1. The summed E-state index contributed by atoms with van der Waals surface area (Å²) in [6.07, 6.45) is 2.55. The smallest absolute Gasteiger partial charge is 0.184 e. The molecule has 0 spiro atoms. The second-order valence-corrected chi connectivity index (χ2v) is 6.50. The van der Waals surface area contributed by atoms with Gasteiger partial charge in [-0.25, -0.2) is 4.98 Å². The molecule has 1 aliphatic carbocycles. The van der Waals surface area contributed by atoms with Gasteiger partial charge in [-0.2, -0.15) is 0 Å². The maximum absolute atomic E-state index is 4.60. The molecule has 0 bridgehead atoms. The van der Waals surface area contributed by atoms with Crippen molar-refractivity contribution in [3.63, 3.8) is 0 Å².